The van der Waals surface area contributed by atoms with Gasteiger partial charge in [0.05, 0.1) is 0 Å². The highest BCUT2D eigenvalue weighted by molar-refractivity contribution is 6.08. The molecule has 0 aliphatic carbocycles. The van der Waals surface area contributed by atoms with Crippen molar-refractivity contribution in [1.29, 1.82) is 0 Å². The number of anilines is 1. The highest BCUT2D eigenvalue weighted by atomic mass is 16.5. The van der Waals surface area contributed by atoms with Crippen LogP contribution in [0.4, 0.5) is 10.5 Å². The maximum Gasteiger partial charge on any atom is 0.348 e. The highest BCUT2D eigenvalue weighted by Gasteiger charge is 2.34. The Morgan fingerprint density at radius 2 is 1.75 bits per heavy atom. The number of rotatable bonds is 7. The van der Waals surface area contributed by atoms with Gasteiger partial charge in [0.25, 0.3) is 5.91 Å². The summed E-state index contributed by atoms with van der Waals surface area (Å²) in [4.78, 5) is 33.1. The number of urea groups is 1. The third-order valence-corrected chi connectivity index (χ3v) is 6.07. The summed E-state index contributed by atoms with van der Waals surface area (Å²) < 4.78 is 11.3. The third-order valence-electron chi connectivity index (χ3n) is 6.07. The van der Waals surface area contributed by atoms with Crippen molar-refractivity contribution in [2.24, 2.45) is 4.99 Å². The average Bonchev–Trinajstić information content (AvgIpc) is 3.23. The molecule has 1 N–H and O–H groups in total. The predicted octanol–water partition coefficient (Wildman–Crippen LogP) is 4.68. The van der Waals surface area contributed by atoms with E-state index in [-0.39, 0.29) is 11.9 Å². The quantitative estimate of drug-likeness (QED) is 0.529. The number of nitrogens with zero attached hydrogens (tertiary/aromatic N) is 3. The minimum Gasteiger partial charge on any atom is -0.489 e. The summed E-state index contributed by atoms with van der Waals surface area (Å²) in [7, 11) is 0. The second-order valence-electron chi connectivity index (χ2n) is 8.55. The number of aryl methyl sites for hydroxylation is 1. The predicted molar refractivity (Wildman–Crippen MR) is 136 cm³/mol. The topological polar surface area (TPSA) is 83.5 Å². The van der Waals surface area contributed by atoms with E-state index < -0.39 is 6.03 Å². The van der Waals surface area contributed by atoms with E-state index in [0.29, 0.717) is 43.4 Å². The maximum atomic E-state index is 13.0. The molecule has 0 atom stereocenters. The van der Waals surface area contributed by atoms with Crippen LogP contribution in [0.15, 0.2) is 95.8 Å². The zero-order chi connectivity index (χ0) is 24.9. The van der Waals surface area contributed by atoms with Crippen molar-refractivity contribution in [3.8, 4) is 5.75 Å². The van der Waals surface area contributed by atoms with Gasteiger partial charge in [-0.05, 0) is 47.9 Å². The lowest BCUT2D eigenvalue weighted by atomic mass is 10.1. The van der Waals surface area contributed by atoms with Crippen LogP contribution < -0.4 is 10.1 Å². The molecule has 3 aromatic carbocycles. The van der Waals surface area contributed by atoms with Crippen molar-refractivity contribution in [1.82, 2.24) is 9.80 Å². The van der Waals surface area contributed by atoms with E-state index in [1.807, 2.05) is 61.5 Å². The molecule has 2 aliphatic rings. The minimum absolute atomic E-state index is 0.113. The minimum atomic E-state index is -0.392. The maximum absolute atomic E-state index is 13.0. The summed E-state index contributed by atoms with van der Waals surface area (Å²) in [5, 5.41) is 2.87. The number of hydrogen-bond donors (Lipinski definition) is 1. The molecular formula is C28H26N4O4. The Balaban J connectivity index is 1.19. The highest BCUT2D eigenvalue weighted by Crippen LogP contribution is 2.23. The van der Waals surface area contributed by atoms with E-state index in [2.05, 4.69) is 10.3 Å². The first kappa shape index (κ1) is 23.2. The van der Waals surface area contributed by atoms with Gasteiger partial charge in [0.1, 0.15) is 24.3 Å². The number of amides is 3. The smallest absolute Gasteiger partial charge is 0.348 e. The van der Waals surface area contributed by atoms with Gasteiger partial charge < -0.3 is 19.7 Å². The van der Waals surface area contributed by atoms with E-state index in [9.17, 15) is 9.59 Å². The molecule has 3 amide bonds. The summed E-state index contributed by atoms with van der Waals surface area (Å²) in [5.41, 5.74) is 4.15. The molecule has 0 aromatic heterocycles. The van der Waals surface area contributed by atoms with Crippen LogP contribution in [0.25, 0.3) is 0 Å². The fourth-order valence-electron chi connectivity index (χ4n) is 4.00. The molecule has 2 heterocycles. The standard InChI is InChI=1S/C28H26N4O4/c1-20-7-5-6-10-22(20)17-31-15-16-32-25(19-36-28(32)30-27(31)34)26(33)29-23-11-13-24(14-12-23)35-18-21-8-3-2-4-9-21/h2-14,19H,15-18H2,1H3,(H,29,33). The fraction of sp³-hybridized carbons (Fsp3) is 0.179. The largest absolute Gasteiger partial charge is 0.489 e. The lowest BCUT2D eigenvalue weighted by Gasteiger charge is -2.22. The number of nitrogens with one attached hydrogen (secondary N) is 1. The summed E-state index contributed by atoms with van der Waals surface area (Å²) in [6.07, 6.45) is 1.33. The first-order valence-electron chi connectivity index (χ1n) is 11.7. The molecule has 8 heteroatoms. The molecule has 0 fully saturated rings. The molecule has 3 aromatic rings. The van der Waals surface area contributed by atoms with Gasteiger partial charge in [0, 0.05) is 25.3 Å². The van der Waals surface area contributed by atoms with E-state index in [1.54, 1.807) is 34.1 Å². The van der Waals surface area contributed by atoms with Crippen molar-refractivity contribution in [2.45, 2.75) is 20.1 Å². The molecule has 5 rings (SSSR count). The van der Waals surface area contributed by atoms with Gasteiger partial charge in [-0.3, -0.25) is 9.69 Å². The van der Waals surface area contributed by atoms with Crippen LogP contribution in [0, 0.1) is 6.92 Å². The van der Waals surface area contributed by atoms with E-state index in [0.717, 1.165) is 16.7 Å². The first-order chi connectivity index (χ1) is 17.6. The molecule has 36 heavy (non-hydrogen) atoms. The second-order valence-corrected chi connectivity index (χ2v) is 8.55. The molecule has 0 radical (unpaired) electrons. The van der Waals surface area contributed by atoms with Gasteiger partial charge in [-0.2, -0.15) is 0 Å². The van der Waals surface area contributed by atoms with Gasteiger partial charge in [-0.15, -0.1) is 4.99 Å². The van der Waals surface area contributed by atoms with Crippen LogP contribution in [0.2, 0.25) is 0 Å². The Morgan fingerprint density at radius 3 is 2.53 bits per heavy atom. The van der Waals surface area contributed by atoms with Crippen LogP contribution in [0.3, 0.4) is 0 Å². The normalized spacial score (nSPS) is 14.9. The molecule has 0 unspecified atom stereocenters. The van der Waals surface area contributed by atoms with Gasteiger partial charge in [-0.25, -0.2) is 4.79 Å². The SMILES string of the molecule is Cc1ccccc1CN1CCN2C(C(=O)Nc3ccc(OCc4ccccc4)cc3)=COC2=NC1=O. The van der Waals surface area contributed by atoms with Crippen molar-refractivity contribution in [2.75, 3.05) is 18.4 Å². The first-order valence-corrected chi connectivity index (χ1v) is 11.7. The molecule has 0 spiro atoms. The Labute approximate surface area is 209 Å². The molecule has 8 nitrogen and oxygen atoms in total. The van der Waals surface area contributed by atoms with Crippen LogP contribution in [-0.2, 0) is 22.7 Å². The van der Waals surface area contributed by atoms with Gasteiger partial charge in [0.15, 0.2) is 0 Å². The van der Waals surface area contributed by atoms with Gasteiger partial charge >= 0.3 is 12.1 Å². The second kappa shape index (κ2) is 10.4. The molecule has 182 valence electrons. The number of ether oxygens (including phenoxy) is 2. The third kappa shape index (κ3) is 5.22. The van der Waals surface area contributed by atoms with Crippen molar-refractivity contribution >= 4 is 23.6 Å². The van der Waals surface area contributed by atoms with E-state index >= 15 is 0 Å². The van der Waals surface area contributed by atoms with Gasteiger partial charge in [0.2, 0.25) is 0 Å². The number of fused-ring (bicyclic) bond motifs is 1. The molecule has 0 bridgehead atoms. The van der Waals surface area contributed by atoms with Crippen LogP contribution >= 0.6 is 0 Å². The van der Waals surface area contributed by atoms with Crippen LogP contribution in [-0.4, -0.2) is 40.8 Å². The van der Waals surface area contributed by atoms with Crippen molar-refractivity contribution < 1.29 is 19.1 Å². The molecular weight excluding hydrogens is 456 g/mol. The summed E-state index contributed by atoms with van der Waals surface area (Å²) >= 11 is 0. The number of carbonyl (C=O) groups is 2. The zero-order valence-electron chi connectivity index (χ0n) is 19.9. The number of amidine groups is 1. The van der Waals surface area contributed by atoms with Gasteiger partial charge in [-0.1, -0.05) is 54.6 Å². The monoisotopic (exact) mass is 482 g/mol. The molecule has 0 saturated heterocycles. The number of benzene rings is 3. The summed E-state index contributed by atoms with van der Waals surface area (Å²) in [6, 6.07) is 24.7. The number of carbonyl (C=O) groups excluding carboxylic acids is 2. The van der Waals surface area contributed by atoms with E-state index in [1.165, 1.54) is 6.26 Å². The van der Waals surface area contributed by atoms with Crippen LogP contribution in [0.5, 0.6) is 5.75 Å². The Bertz CT molecular complexity index is 1320. The molecule has 2 aliphatic heterocycles. The number of hydrogen-bond acceptors (Lipinski definition) is 5. The van der Waals surface area contributed by atoms with Crippen molar-refractivity contribution in [3.05, 3.63) is 108 Å². The van der Waals surface area contributed by atoms with Crippen LogP contribution in [0.1, 0.15) is 16.7 Å². The van der Waals surface area contributed by atoms with Crippen molar-refractivity contribution in [3.63, 3.8) is 0 Å². The zero-order valence-corrected chi connectivity index (χ0v) is 19.9. The lowest BCUT2D eigenvalue weighted by Crippen LogP contribution is -2.36. The summed E-state index contributed by atoms with van der Waals surface area (Å²) in [6.45, 7) is 3.72. The molecule has 0 saturated carbocycles. The Hall–Kier alpha value is -4.59. The fourth-order valence-corrected chi connectivity index (χ4v) is 4.00. The Morgan fingerprint density at radius 1 is 1.00 bits per heavy atom. The average molecular weight is 483 g/mol. The summed E-state index contributed by atoms with van der Waals surface area (Å²) in [5.74, 6) is 0.354. The number of aliphatic imine (C=N–C) groups is 1. The van der Waals surface area contributed by atoms with E-state index in [4.69, 9.17) is 9.47 Å². The Kier molecular flexibility index (Phi) is 6.66. The lowest BCUT2D eigenvalue weighted by molar-refractivity contribution is -0.113.